The van der Waals surface area contributed by atoms with Crippen LogP contribution in [0.4, 0.5) is 0 Å². The topological polar surface area (TPSA) is 62.7 Å². The Morgan fingerprint density at radius 2 is 2.38 bits per heavy atom. The number of aromatic amines is 1. The summed E-state index contributed by atoms with van der Waals surface area (Å²) in [6.07, 6.45) is 0. The number of rotatable bonds is 3. The Balaban J connectivity index is 2.54. The second-order valence-electron chi connectivity index (χ2n) is 3.29. The zero-order valence-corrected chi connectivity index (χ0v) is 9.45. The fourth-order valence-corrected chi connectivity index (χ4v) is 1.67. The highest BCUT2D eigenvalue weighted by molar-refractivity contribution is 6.30. The molecule has 0 amide bonds. The summed E-state index contributed by atoms with van der Waals surface area (Å²) in [4.78, 5) is 11.6. The van der Waals surface area contributed by atoms with Crippen molar-refractivity contribution in [2.45, 2.75) is 6.54 Å². The molecule has 0 saturated carbocycles. The number of nitrogens with zero attached hydrogens (tertiary/aromatic N) is 2. The van der Waals surface area contributed by atoms with Crippen LogP contribution in [0.2, 0.25) is 5.02 Å². The van der Waals surface area contributed by atoms with Gasteiger partial charge in [-0.2, -0.15) is 5.10 Å². The maximum atomic E-state index is 11.6. The predicted molar refractivity (Wildman–Crippen MR) is 62.0 cm³/mol. The van der Waals surface area contributed by atoms with E-state index < -0.39 is 0 Å². The van der Waals surface area contributed by atoms with Gasteiger partial charge in [-0.1, -0.05) is 17.7 Å². The van der Waals surface area contributed by atoms with Crippen LogP contribution in [-0.2, 0) is 6.54 Å². The highest BCUT2D eigenvalue weighted by atomic mass is 35.5. The molecule has 16 heavy (non-hydrogen) atoms. The van der Waals surface area contributed by atoms with Crippen LogP contribution in [0.25, 0.3) is 5.69 Å². The number of benzene rings is 1. The summed E-state index contributed by atoms with van der Waals surface area (Å²) in [5.74, 6) is 0.620. The lowest BCUT2D eigenvalue weighted by atomic mass is 10.3. The zero-order valence-electron chi connectivity index (χ0n) is 8.70. The van der Waals surface area contributed by atoms with Gasteiger partial charge in [0.05, 0.1) is 12.2 Å². The Morgan fingerprint density at radius 3 is 3.06 bits per heavy atom. The molecule has 0 unspecified atom stereocenters. The van der Waals surface area contributed by atoms with Crippen molar-refractivity contribution in [2.75, 3.05) is 7.05 Å². The SMILES string of the molecule is CNCc1n[nH]c(=O)n1-c1cccc(Cl)c1. The number of hydrogen-bond acceptors (Lipinski definition) is 3. The van der Waals surface area contributed by atoms with E-state index in [9.17, 15) is 4.79 Å². The average Bonchev–Trinajstić information content (AvgIpc) is 2.60. The van der Waals surface area contributed by atoms with Gasteiger partial charge in [-0.15, -0.1) is 0 Å². The molecule has 0 radical (unpaired) electrons. The van der Waals surface area contributed by atoms with E-state index in [1.807, 2.05) is 6.07 Å². The van der Waals surface area contributed by atoms with E-state index in [2.05, 4.69) is 15.5 Å². The molecule has 1 aromatic carbocycles. The van der Waals surface area contributed by atoms with Crippen LogP contribution in [0.3, 0.4) is 0 Å². The van der Waals surface area contributed by atoms with Crippen molar-refractivity contribution in [1.29, 1.82) is 0 Å². The standard InChI is InChI=1S/C10H11ClN4O/c1-12-6-9-13-14-10(16)15(9)8-4-2-3-7(11)5-8/h2-5,12H,6H2,1H3,(H,14,16). The zero-order chi connectivity index (χ0) is 11.5. The monoisotopic (exact) mass is 238 g/mol. The van der Waals surface area contributed by atoms with Crippen molar-refractivity contribution in [2.24, 2.45) is 0 Å². The molecule has 0 spiro atoms. The van der Waals surface area contributed by atoms with E-state index >= 15 is 0 Å². The lowest BCUT2D eigenvalue weighted by Crippen LogP contribution is -2.19. The van der Waals surface area contributed by atoms with Crippen LogP contribution < -0.4 is 11.0 Å². The van der Waals surface area contributed by atoms with Gasteiger partial charge in [0.25, 0.3) is 0 Å². The van der Waals surface area contributed by atoms with Gasteiger partial charge in [-0.05, 0) is 25.2 Å². The Labute approximate surface area is 97.1 Å². The first-order valence-electron chi connectivity index (χ1n) is 4.79. The molecule has 2 N–H and O–H groups in total. The molecule has 0 saturated heterocycles. The Bertz CT molecular complexity index is 546. The largest absolute Gasteiger partial charge is 0.347 e. The summed E-state index contributed by atoms with van der Waals surface area (Å²) in [7, 11) is 1.79. The third kappa shape index (κ3) is 2.00. The summed E-state index contributed by atoms with van der Waals surface area (Å²) < 4.78 is 1.49. The summed E-state index contributed by atoms with van der Waals surface area (Å²) in [6, 6.07) is 7.08. The first kappa shape index (κ1) is 10.9. The molecule has 0 aliphatic carbocycles. The van der Waals surface area contributed by atoms with Crippen molar-refractivity contribution in [1.82, 2.24) is 20.1 Å². The Morgan fingerprint density at radius 1 is 1.56 bits per heavy atom. The number of H-pyrrole nitrogens is 1. The minimum absolute atomic E-state index is 0.271. The van der Waals surface area contributed by atoms with Crippen LogP contribution in [0.1, 0.15) is 5.82 Å². The van der Waals surface area contributed by atoms with Gasteiger partial charge in [-0.3, -0.25) is 0 Å². The van der Waals surface area contributed by atoms with Gasteiger partial charge in [0.2, 0.25) is 0 Å². The lowest BCUT2D eigenvalue weighted by Gasteiger charge is -2.05. The molecule has 0 bridgehead atoms. The van der Waals surface area contributed by atoms with E-state index in [1.165, 1.54) is 4.57 Å². The smallest absolute Gasteiger partial charge is 0.313 e. The number of halogens is 1. The van der Waals surface area contributed by atoms with Crippen LogP contribution in [0.15, 0.2) is 29.1 Å². The first-order valence-corrected chi connectivity index (χ1v) is 5.17. The molecule has 6 heteroatoms. The van der Waals surface area contributed by atoms with Gasteiger partial charge < -0.3 is 5.32 Å². The predicted octanol–water partition coefficient (Wildman–Crippen LogP) is 0.933. The normalized spacial score (nSPS) is 10.6. The van der Waals surface area contributed by atoms with Crippen LogP contribution in [-0.4, -0.2) is 21.8 Å². The second-order valence-corrected chi connectivity index (χ2v) is 3.73. The summed E-state index contributed by atoms with van der Waals surface area (Å²) in [6.45, 7) is 0.505. The van der Waals surface area contributed by atoms with Crippen molar-refractivity contribution >= 4 is 11.6 Å². The van der Waals surface area contributed by atoms with E-state index in [4.69, 9.17) is 11.6 Å². The van der Waals surface area contributed by atoms with Gasteiger partial charge in [0, 0.05) is 5.02 Å². The minimum Gasteiger partial charge on any atom is -0.313 e. The molecule has 0 atom stereocenters. The van der Waals surface area contributed by atoms with Crippen molar-refractivity contribution in [3.8, 4) is 5.69 Å². The van der Waals surface area contributed by atoms with Crippen LogP contribution in [0, 0.1) is 0 Å². The molecule has 0 fully saturated rings. The molecule has 1 aromatic heterocycles. The molecule has 2 rings (SSSR count). The third-order valence-electron chi connectivity index (χ3n) is 2.14. The third-order valence-corrected chi connectivity index (χ3v) is 2.38. The average molecular weight is 239 g/mol. The second kappa shape index (κ2) is 4.51. The quantitative estimate of drug-likeness (QED) is 0.836. The Kier molecular flexibility index (Phi) is 3.07. The number of hydrogen-bond donors (Lipinski definition) is 2. The molecular formula is C10H11ClN4O. The molecule has 0 aliphatic rings. The molecule has 0 aliphatic heterocycles. The van der Waals surface area contributed by atoms with Crippen molar-refractivity contribution in [3.05, 3.63) is 45.6 Å². The lowest BCUT2D eigenvalue weighted by molar-refractivity contribution is 0.734. The highest BCUT2D eigenvalue weighted by Gasteiger charge is 2.09. The van der Waals surface area contributed by atoms with Gasteiger partial charge >= 0.3 is 5.69 Å². The number of aromatic nitrogens is 3. The fourth-order valence-electron chi connectivity index (χ4n) is 1.49. The molecule has 5 nitrogen and oxygen atoms in total. The maximum absolute atomic E-state index is 11.6. The number of nitrogens with one attached hydrogen (secondary N) is 2. The Hall–Kier alpha value is -1.59. The van der Waals surface area contributed by atoms with Crippen LogP contribution in [0.5, 0.6) is 0 Å². The van der Waals surface area contributed by atoms with E-state index in [0.29, 0.717) is 23.1 Å². The molecular weight excluding hydrogens is 228 g/mol. The van der Waals surface area contributed by atoms with Gasteiger partial charge in [0.15, 0.2) is 5.82 Å². The van der Waals surface area contributed by atoms with Crippen molar-refractivity contribution in [3.63, 3.8) is 0 Å². The van der Waals surface area contributed by atoms with Gasteiger partial charge in [-0.25, -0.2) is 14.5 Å². The first-order chi connectivity index (χ1) is 7.72. The minimum atomic E-state index is -0.271. The van der Waals surface area contributed by atoms with E-state index in [1.54, 1.807) is 25.2 Å². The highest BCUT2D eigenvalue weighted by Crippen LogP contribution is 2.14. The van der Waals surface area contributed by atoms with Gasteiger partial charge in [0.1, 0.15) is 0 Å². The molecule has 2 aromatic rings. The summed E-state index contributed by atoms with van der Waals surface area (Å²) >= 11 is 5.88. The molecule has 84 valence electrons. The summed E-state index contributed by atoms with van der Waals surface area (Å²) in [5.41, 5.74) is 0.434. The van der Waals surface area contributed by atoms with Crippen molar-refractivity contribution < 1.29 is 0 Å². The summed E-state index contributed by atoms with van der Waals surface area (Å²) in [5, 5.41) is 9.88. The van der Waals surface area contributed by atoms with Crippen LogP contribution >= 0.6 is 11.6 Å². The maximum Gasteiger partial charge on any atom is 0.347 e. The fraction of sp³-hybridized carbons (Fsp3) is 0.200. The van der Waals surface area contributed by atoms with E-state index in [-0.39, 0.29) is 5.69 Å². The molecule has 1 heterocycles. The van der Waals surface area contributed by atoms with E-state index in [0.717, 1.165) is 0 Å².